The topological polar surface area (TPSA) is 92.3 Å². The summed E-state index contributed by atoms with van der Waals surface area (Å²) >= 11 is 0. The summed E-state index contributed by atoms with van der Waals surface area (Å²) < 4.78 is 23.4. The first-order chi connectivity index (χ1) is 9.92. The monoisotopic (exact) mass is 310 g/mol. The predicted molar refractivity (Wildman–Crippen MR) is 78.5 cm³/mol. The number of piperidine rings is 1. The van der Waals surface area contributed by atoms with Gasteiger partial charge in [0.25, 0.3) is 0 Å². The third-order valence-electron chi connectivity index (χ3n) is 3.50. The minimum absolute atomic E-state index is 0.0341. The molecule has 0 aromatic heterocycles. The highest BCUT2D eigenvalue weighted by molar-refractivity contribution is 7.91. The number of hydrogen-bond acceptors (Lipinski definition) is 4. The molecular weight excluding hydrogens is 292 g/mol. The summed E-state index contributed by atoms with van der Waals surface area (Å²) in [5.74, 6) is -0.406. The lowest BCUT2D eigenvalue weighted by molar-refractivity contribution is -0.126. The van der Waals surface area contributed by atoms with E-state index in [1.165, 1.54) is 12.1 Å². The molecule has 1 unspecified atom stereocenters. The van der Waals surface area contributed by atoms with Crippen LogP contribution in [0.4, 0.5) is 5.69 Å². The summed E-state index contributed by atoms with van der Waals surface area (Å²) in [5.41, 5.74) is 0.548. The van der Waals surface area contributed by atoms with Crippen molar-refractivity contribution in [3.8, 4) is 0 Å². The Hall–Kier alpha value is -1.89. The predicted octanol–water partition coefficient (Wildman–Crippen LogP) is 0.945. The average molecular weight is 310 g/mol. The van der Waals surface area contributed by atoms with Gasteiger partial charge in [0, 0.05) is 18.7 Å². The summed E-state index contributed by atoms with van der Waals surface area (Å²) in [6.45, 7) is 1.93. The molecule has 21 heavy (non-hydrogen) atoms. The van der Waals surface area contributed by atoms with E-state index in [1.54, 1.807) is 19.1 Å². The minimum atomic E-state index is -3.23. The van der Waals surface area contributed by atoms with Crippen LogP contribution in [0.1, 0.15) is 19.8 Å². The molecule has 2 N–H and O–H groups in total. The number of nitrogens with one attached hydrogen (secondary N) is 2. The Labute approximate surface area is 123 Å². The van der Waals surface area contributed by atoms with Gasteiger partial charge in [-0.25, -0.2) is 8.42 Å². The van der Waals surface area contributed by atoms with Gasteiger partial charge in [-0.1, -0.05) is 6.92 Å². The first-order valence-corrected chi connectivity index (χ1v) is 8.48. The number of hydrogen-bond donors (Lipinski definition) is 2. The molecule has 1 fully saturated rings. The summed E-state index contributed by atoms with van der Waals surface area (Å²) in [4.78, 5) is 23.3. The first kappa shape index (κ1) is 15.5. The molecule has 1 heterocycles. The van der Waals surface area contributed by atoms with Crippen LogP contribution in [0.15, 0.2) is 29.2 Å². The lowest BCUT2D eigenvalue weighted by atomic mass is 9.98. The second-order valence-corrected chi connectivity index (χ2v) is 7.23. The van der Waals surface area contributed by atoms with Gasteiger partial charge in [-0.2, -0.15) is 0 Å². The van der Waals surface area contributed by atoms with Crippen LogP contribution in [0.2, 0.25) is 0 Å². The third-order valence-corrected chi connectivity index (χ3v) is 5.25. The van der Waals surface area contributed by atoms with Crippen molar-refractivity contribution in [2.24, 2.45) is 5.92 Å². The van der Waals surface area contributed by atoms with Crippen LogP contribution in [0.25, 0.3) is 0 Å². The van der Waals surface area contributed by atoms with E-state index in [2.05, 4.69) is 10.6 Å². The largest absolute Gasteiger partial charge is 0.355 e. The van der Waals surface area contributed by atoms with E-state index >= 15 is 0 Å². The molecule has 0 bridgehead atoms. The van der Waals surface area contributed by atoms with Crippen LogP contribution >= 0.6 is 0 Å². The molecule has 1 atom stereocenters. The molecule has 2 amide bonds. The molecule has 0 spiro atoms. The number of amides is 2. The van der Waals surface area contributed by atoms with Crippen LogP contribution in [0.3, 0.4) is 0 Å². The maximum Gasteiger partial charge on any atom is 0.229 e. The molecule has 0 radical (unpaired) electrons. The zero-order valence-corrected chi connectivity index (χ0v) is 12.6. The Morgan fingerprint density at radius 1 is 1.33 bits per heavy atom. The number of rotatable bonds is 4. The lowest BCUT2D eigenvalue weighted by Crippen LogP contribution is -2.40. The molecule has 1 saturated heterocycles. The van der Waals surface area contributed by atoms with Gasteiger partial charge in [0.05, 0.1) is 16.6 Å². The molecular formula is C14H18N2O4S. The molecule has 6 nitrogen and oxygen atoms in total. The second kappa shape index (κ2) is 6.26. The zero-order chi connectivity index (χ0) is 15.5. The van der Waals surface area contributed by atoms with Crippen molar-refractivity contribution in [3.05, 3.63) is 24.3 Å². The zero-order valence-electron chi connectivity index (χ0n) is 11.8. The SMILES string of the molecule is CCS(=O)(=O)c1ccc(NC(=O)C2CCC(=O)NC2)cc1. The molecule has 0 aliphatic carbocycles. The minimum Gasteiger partial charge on any atom is -0.355 e. The Kier molecular flexibility index (Phi) is 4.62. The summed E-state index contributed by atoms with van der Waals surface area (Å²) in [7, 11) is -3.23. The molecule has 2 rings (SSSR count). The molecule has 7 heteroatoms. The summed E-state index contributed by atoms with van der Waals surface area (Å²) in [5, 5.41) is 5.39. The van der Waals surface area contributed by atoms with Gasteiger partial charge in [-0.05, 0) is 30.7 Å². The maximum absolute atomic E-state index is 12.0. The molecule has 1 aromatic carbocycles. The van der Waals surface area contributed by atoms with Crippen molar-refractivity contribution in [1.82, 2.24) is 5.32 Å². The summed E-state index contributed by atoms with van der Waals surface area (Å²) in [6.07, 6.45) is 0.881. The van der Waals surface area contributed by atoms with Crippen molar-refractivity contribution in [2.45, 2.75) is 24.7 Å². The highest BCUT2D eigenvalue weighted by atomic mass is 32.2. The number of carbonyl (C=O) groups excluding carboxylic acids is 2. The van der Waals surface area contributed by atoms with Gasteiger partial charge in [-0.15, -0.1) is 0 Å². The van der Waals surface area contributed by atoms with Gasteiger partial charge >= 0.3 is 0 Å². The van der Waals surface area contributed by atoms with E-state index in [4.69, 9.17) is 0 Å². The fourth-order valence-corrected chi connectivity index (χ4v) is 3.00. The third kappa shape index (κ3) is 3.81. The fraction of sp³-hybridized carbons (Fsp3) is 0.429. The van der Waals surface area contributed by atoms with E-state index in [-0.39, 0.29) is 28.4 Å². The van der Waals surface area contributed by atoms with Crippen molar-refractivity contribution in [2.75, 3.05) is 17.6 Å². The fourth-order valence-electron chi connectivity index (χ4n) is 2.11. The normalized spacial score (nSPS) is 18.9. The molecule has 1 aliphatic heterocycles. The highest BCUT2D eigenvalue weighted by Crippen LogP contribution is 2.18. The van der Waals surface area contributed by atoms with Gasteiger partial charge in [-0.3, -0.25) is 9.59 Å². The standard InChI is InChI=1S/C14H18N2O4S/c1-2-21(19,20)12-6-4-11(5-7-12)16-14(18)10-3-8-13(17)15-9-10/h4-7,10H,2-3,8-9H2,1H3,(H,15,17)(H,16,18). The number of sulfone groups is 1. The second-order valence-electron chi connectivity index (χ2n) is 4.96. The first-order valence-electron chi connectivity index (χ1n) is 6.83. The van der Waals surface area contributed by atoms with E-state index in [0.29, 0.717) is 25.1 Å². The Bertz CT molecular complexity index is 627. The summed E-state index contributed by atoms with van der Waals surface area (Å²) in [6, 6.07) is 6.11. The quantitative estimate of drug-likeness (QED) is 0.866. The Morgan fingerprint density at radius 3 is 2.52 bits per heavy atom. The van der Waals surface area contributed by atoms with Gasteiger partial charge in [0.2, 0.25) is 11.8 Å². The van der Waals surface area contributed by atoms with Gasteiger partial charge in [0.15, 0.2) is 9.84 Å². The van der Waals surface area contributed by atoms with E-state index in [0.717, 1.165) is 0 Å². The van der Waals surface area contributed by atoms with Crippen molar-refractivity contribution >= 4 is 27.3 Å². The van der Waals surface area contributed by atoms with Crippen LogP contribution in [-0.2, 0) is 19.4 Å². The number of carbonyl (C=O) groups is 2. The maximum atomic E-state index is 12.0. The number of anilines is 1. The molecule has 1 aliphatic rings. The molecule has 114 valence electrons. The van der Waals surface area contributed by atoms with E-state index < -0.39 is 9.84 Å². The smallest absolute Gasteiger partial charge is 0.229 e. The number of benzene rings is 1. The molecule has 1 aromatic rings. The van der Waals surface area contributed by atoms with Gasteiger partial charge < -0.3 is 10.6 Å². The van der Waals surface area contributed by atoms with Crippen LogP contribution in [0.5, 0.6) is 0 Å². The van der Waals surface area contributed by atoms with Crippen LogP contribution in [0, 0.1) is 5.92 Å². The molecule has 0 saturated carbocycles. The van der Waals surface area contributed by atoms with Crippen molar-refractivity contribution in [1.29, 1.82) is 0 Å². The van der Waals surface area contributed by atoms with Crippen molar-refractivity contribution < 1.29 is 18.0 Å². The Balaban J connectivity index is 2.00. The van der Waals surface area contributed by atoms with E-state index in [1.807, 2.05) is 0 Å². The van der Waals surface area contributed by atoms with Gasteiger partial charge in [0.1, 0.15) is 0 Å². The van der Waals surface area contributed by atoms with Crippen LogP contribution in [-0.4, -0.2) is 32.5 Å². The lowest BCUT2D eigenvalue weighted by Gasteiger charge is -2.21. The highest BCUT2D eigenvalue weighted by Gasteiger charge is 2.24. The van der Waals surface area contributed by atoms with Crippen molar-refractivity contribution in [3.63, 3.8) is 0 Å². The van der Waals surface area contributed by atoms with Crippen LogP contribution < -0.4 is 10.6 Å². The Morgan fingerprint density at radius 2 is 2.00 bits per heavy atom. The van der Waals surface area contributed by atoms with E-state index in [9.17, 15) is 18.0 Å². The average Bonchev–Trinajstić information content (AvgIpc) is 2.48.